The Labute approximate surface area is 142 Å². The first kappa shape index (κ1) is 15.1. The molecule has 2 heterocycles. The average molecular weight is 334 g/mol. The number of methoxy groups -OCH3 is 1. The lowest BCUT2D eigenvalue weighted by Crippen LogP contribution is -2.16. The number of hydrogen-bond acceptors (Lipinski definition) is 5. The van der Waals surface area contributed by atoms with Crippen LogP contribution in [0.15, 0.2) is 47.3 Å². The van der Waals surface area contributed by atoms with Crippen LogP contribution in [-0.4, -0.2) is 29.7 Å². The molecule has 1 N–H and O–H groups in total. The number of para-hydroxylation sites is 1. The summed E-state index contributed by atoms with van der Waals surface area (Å²) >= 11 is 0. The summed E-state index contributed by atoms with van der Waals surface area (Å²) in [7, 11) is 1.31. The lowest BCUT2D eigenvalue weighted by Gasteiger charge is -2.17. The van der Waals surface area contributed by atoms with Crippen molar-refractivity contribution in [3.8, 4) is 5.75 Å². The number of hydrogen-bond donors (Lipinski definition) is 1. The van der Waals surface area contributed by atoms with Crippen LogP contribution in [0.1, 0.15) is 21.7 Å². The lowest BCUT2D eigenvalue weighted by molar-refractivity contribution is 0.0601. The summed E-state index contributed by atoms with van der Waals surface area (Å²) in [6.45, 7) is 0.308. The van der Waals surface area contributed by atoms with E-state index < -0.39 is 5.97 Å². The maximum atomic E-state index is 12.4. The molecule has 1 aliphatic heterocycles. The molecule has 0 unspecified atom stereocenters. The van der Waals surface area contributed by atoms with Crippen LogP contribution in [0.3, 0.4) is 0 Å². The van der Waals surface area contributed by atoms with Crippen molar-refractivity contribution in [2.24, 2.45) is 0 Å². The van der Waals surface area contributed by atoms with Crippen molar-refractivity contribution >= 4 is 28.5 Å². The molecular weight excluding hydrogens is 320 g/mol. The van der Waals surface area contributed by atoms with Crippen LogP contribution in [0.4, 0.5) is 0 Å². The van der Waals surface area contributed by atoms with Crippen LogP contribution < -0.4 is 10.3 Å². The Morgan fingerprint density at radius 1 is 1.24 bits per heavy atom. The van der Waals surface area contributed by atoms with Gasteiger partial charge < -0.3 is 14.5 Å². The minimum Gasteiger partial charge on any atom is -0.488 e. The summed E-state index contributed by atoms with van der Waals surface area (Å²) in [5.41, 5.74) is 2.20. The normalized spacial score (nSPS) is 12.9. The largest absolute Gasteiger partial charge is 0.488 e. The van der Waals surface area contributed by atoms with Crippen molar-refractivity contribution in [3.63, 3.8) is 0 Å². The molecule has 0 radical (unpaired) electrons. The van der Waals surface area contributed by atoms with Gasteiger partial charge in [0.05, 0.1) is 23.6 Å². The molecular formula is C19H14N2O4. The Morgan fingerprint density at radius 3 is 2.92 bits per heavy atom. The Kier molecular flexibility index (Phi) is 3.57. The molecule has 0 bridgehead atoms. The molecule has 25 heavy (non-hydrogen) atoms. The van der Waals surface area contributed by atoms with Gasteiger partial charge in [-0.15, -0.1) is 0 Å². The number of fused-ring (bicyclic) bond motifs is 2. The van der Waals surface area contributed by atoms with Crippen LogP contribution in [0, 0.1) is 0 Å². The van der Waals surface area contributed by atoms with Gasteiger partial charge in [0.1, 0.15) is 18.2 Å². The second kappa shape index (κ2) is 5.90. The summed E-state index contributed by atoms with van der Waals surface area (Å²) in [4.78, 5) is 31.3. The Balaban J connectivity index is 1.84. The number of carbonyl (C=O) groups excluding carboxylic acids is 1. The maximum absolute atomic E-state index is 12.4. The van der Waals surface area contributed by atoms with Gasteiger partial charge in [0.25, 0.3) is 5.56 Å². The van der Waals surface area contributed by atoms with Crippen LogP contribution in [-0.2, 0) is 4.74 Å². The van der Waals surface area contributed by atoms with Crippen LogP contribution in [0.2, 0.25) is 0 Å². The van der Waals surface area contributed by atoms with E-state index in [0.29, 0.717) is 28.9 Å². The predicted molar refractivity (Wildman–Crippen MR) is 93.5 cm³/mol. The third-order valence-electron chi connectivity index (χ3n) is 4.06. The van der Waals surface area contributed by atoms with Gasteiger partial charge >= 0.3 is 5.97 Å². The van der Waals surface area contributed by atoms with E-state index in [4.69, 9.17) is 9.47 Å². The first-order valence-electron chi connectivity index (χ1n) is 7.71. The fourth-order valence-electron chi connectivity index (χ4n) is 2.79. The number of aromatic nitrogens is 2. The first-order valence-corrected chi connectivity index (χ1v) is 7.71. The van der Waals surface area contributed by atoms with Gasteiger partial charge in [0, 0.05) is 11.1 Å². The first-order chi connectivity index (χ1) is 12.2. The predicted octanol–water partition coefficient (Wildman–Crippen LogP) is 2.64. The number of nitrogens with zero attached hydrogens (tertiary/aromatic N) is 1. The number of H-pyrrole nitrogens is 1. The van der Waals surface area contributed by atoms with E-state index in [0.717, 1.165) is 16.9 Å². The molecule has 124 valence electrons. The summed E-state index contributed by atoms with van der Waals surface area (Å²) < 4.78 is 10.4. The molecule has 0 atom stereocenters. The lowest BCUT2D eigenvalue weighted by atomic mass is 10.1. The molecule has 3 aromatic rings. The van der Waals surface area contributed by atoms with Crippen molar-refractivity contribution in [2.75, 3.05) is 13.7 Å². The van der Waals surface area contributed by atoms with Crippen LogP contribution >= 0.6 is 0 Å². The minimum atomic E-state index is -0.473. The number of carbonyl (C=O) groups is 1. The van der Waals surface area contributed by atoms with Crippen molar-refractivity contribution in [2.45, 2.75) is 0 Å². The van der Waals surface area contributed by atoms with E-state index in [2.05, 4.69) is 9.97 Å². The fraction of sp³-hybridized carbons (Fsp3) is 0.105. The zero-order valence-corrected chi connectivity index (χ0v) is 13.4. The molecule has 6 nitrogen and oxygen atoms in total. The summed E-state index contributed by atoms with van der Waals surface area (Å²) in [6.07, 6.45) is 1.94. The number of benzene rings is 2. The minimum absolute atomic E-state index is 0.267. The number of rotatable bonds is 2. The monoisotopic (exact) mass is 334 g/mol. The summed E-state index contributed by atoms with van der Waals surface area (Å²) in [5.74, 6) is 0.746. The van der Waals surface area contributed by atoms with E-state index in [1.807, 2.05) is 30.3 Å². The smallest absolute Gasteiger partial charge is 0.337 e. The van der Waals surface area contributed by atoms with Crippen LogP contribution in [0.25, 0.3) is 22.6 Å². The molecule has 6 heteroatoms. The second-order valence-electron chi connectivity index (χ2n) is 5.63. The maximum Gasteiger partial charge on any atom is 0.337 e. The Morgan fingerprint density at radius 2 is 2.08 bits per heavy atom. The number of aromatic amines is 1. The van der Waals surface area contributed by atoms with Crippen molar-refractivity contribution < 1.29 is 14.3 Å². The number of esters is 1. The zero-order chi connectivity index (χ0) is 17.4. The topological polar surface area (TPSA) is 81.3 Å². The third-order valence-corrected chi connectivity index (χ3v) is 4.06. The highest BCUT2D eigenvalue weighted by molar-refractivity contribution is 5.94. The van der Waals surface area contributed by atoms with E-state index in [-0.39, 0.29) is 5.56 Å². The Bertz CT molecular complexity index is 1080. The summed E-state index contributed by atoms with van der Waals surface area (Å²) in [5, 5.41) is 0.411. The number of ether oxygens (including phenoxy) is 2. The van der Waals surface area contributed by atoms with Crippen molar-refractivity contribution in [3.05, 3.63) is 69.8 Å². The summed E-state index contributed by atoms with van der Waals surface area (Å²) in [6, 6.07) is 12.3. The zero-order valence-electron chi connectivity index (χ0n) is 13.4. The highest BCUT2D eigenvalue weighted by Gasteiger charge is 2.16. The molecule has 1 aromatic heterocycles. The van der Waals surface area contributed by atoms with E-state index in [9.17, 15) is 9.59 Å². The van der Waals surface area contributed by atoms with Gasteiger partial charge in [-0.1, -0.05) is 18.2 Å². The standard InChI is InChI=1S/C19H14N2O4/c1-24-19(23)12-6-7-14-15(9-12)20-17(21-18(14)22)13-8-11-4-2-3-5-16(11)25-10-13/h2-9H,10H2,1H3,(H,20,21,22). The van der Waals surface area contributed by atoms with Gasteiger partial charge in [0.2, 0.25) is 0 Å². The van der Waals surface area contributed by atoms with Gasteiger partial charge in [-0.3, -0.25) is 4.79 Å². The van der Waals surface area contributed by atoms with Gasteiger partial charge in [0.15, 0.2) is 0 Å². The fourth-order valence-corrected chi connectivity index (χ4v) is 2.79. The molecule has 0 aliphatic carbocycles. The molecule has 0 saturated carbocycles. The Hall–Kier alpha value is -3.41. The molecule has 0 amide bonds. The highest BCUT2D eigenvalue weighted by Crippen LogP contribution is 2.29. The van der Waals surface area contributed by atoms with Gasteiger partial charge in [-0.25, -0.2) is 9.78 Å². The van der Waals surface area contributed by atoms with Gasteiger partial charge in [-0.05, 0) is 30.3 Å². The molecule has 4 rings (SSSR count). The molecule has 0 fully saturated rings. The second-order valence-corrected chi connectivity index (χ2v) is 5.63. The quantitative estimate of drug-likeness (QED) is 0.729. The van der Waals surface area contributed by atoms with Crippen LogP contribution in [0.5, 0.6) is 5.75 Å². The SMILES string of the molecule is COC(=O)c1ccc2c(=O)[nH]c(C3=Cc4ccccc4OC3)nc2c1. The van der Waals surface area contributed by atoms with Crippen molar-refractivity contribution in [1.29, 1.82) is 0 Å². The molecule has 0 saturated heterocycles. The van der Waals surface area contributed by atoms with E-state index in [1.165, 1.54) is 7.11 Å². The molecule has 0 spiro atoms. The van der Waals surface area contributed by atoms with E-state index in [1.54, 1.807) is 18.2 Å². The van der Waals surface area contributed by atoms with Crippen molar-refractivity contribution in [1.82, 2.24) is 9.97 Å². The van der Waals surface area contributed by atoms with E-state index >= 15 is 0 Å². The average Bonchev–Trinajstić information content (AvgIpc) is 2.66. The number of nitrogens with one attached hydrogen (secondary N) is 1. The third kappa shape index (κ3) is 2.67. The molecule has 1 aliphatic rings. The highest BCUT2D eigenvalue weighted by atomic mass is 16.5. The van der Waals surface area contributed by atoms with Gasteiger partial charge in [-0.2, -0.15) is 0 Å². The molecule has 2 aromatic carbocycles.